The van der Waals surface area contributed by atoms with Gasteiger partial charge in [-0.1, -0.05) is 6.92 Å². The van der Waals surface area contributed by atoms with E-state index in [0.717, 1.165) is 71.9 Å². The minimum absolute atomic E-state index is 0.0235. The molecule has 196 valence electrons. The van der Waals surface area contributed by atoms with Crippen LogP contribution in [0.15, 0.2) is 51.2 Å². The molecule has 2 aliphatic rings. The van der Waals surface area contributed by atoms with Crippen LogP contribution in [0, 0.1) is 0 Å². The van der Waals surface area contributed by atoms with Crippen LogP contribution < -0.4 is 21.5 Å². The smallest absolute Gasteiger partial charge is 0.261 e. The van der Waals surface area contributed by atoms with Crippen LogP contribution in [0.1, 0.15) is 20.3 Å². The van der Waals surface area contributed by atoms with Crippen LogP contribution in [0.5, 0.6) is 0 Å². The Morgan fingerprint density at radius 3 is 2.66 bits per heavy atom. The molecular formula is C28H33N9O. The molecule has 0 bridgehead atoms. The molecule has 1 unspecified atom stereocenters. The van der Waals surface area contributed by atoms with Crippen molar-refractivity contribution in [3.63, 3.8) is 0 Å². The van der Waals surface area contributed by atoms with E-state index >= 15 is 0 Å². The molecule has 0 radical (unpaired) electrons. The van der Waals surface area contributed by atoms with Gasteiger partial charge < -0.3 is 30.8 Å². The summed E-state index contributed by atoms with van der Waals surface area (Å²) < 4.78 is 0. The molecule has 6 rings (SSSR count). The van der Waals surface area contributed by atoms with Crippen LogP contribution in [-0.2, 0) is 0 Å². The monoisotopic (exact) mass is 511 g/mol. The van der Waals surface area contributed by atoms with E-state index in [0.29, 0.717) is 29.1 Å². The molecule has 1 fully saturated rings. The molecule has 10 nitrogen and oxygen atoms in total. The third-order valence-electron chi connectivity index (χ3n) is 7.53. The van der Waals surface area contributed by atoms with Gasteiger partial charge in [0.1, 0.15) is 23.3 Å². The highest BCUT2D eigenvalue weighted by Gasteiger charge is 2.20. The number of aliphatic imine (C=N–C) groups is 2. The highest BCUT2D eigenvalue weighted by atomic mass is 16.1. The van der Waals surface area contributed by atoms with Gasteiger partial charge in [0.15, 0.2) is 0 Å². The summed E-state index contributed by atoms with van der Waals surface area (Å²) >= 11 is 0. The van der Waals surface area contributed by atoms with Crippen LogP contribution in [0.2, 0.25) is 0 Å². The average molecular weight is 512 g/mol. The van der Waals surface area contributed by atoms with Gasteiger partial charge in [0.2, 0.25) is 0 Å². The molecule has 2 aromatic heterocycles. The van der Waals surface area contributed by atoms with E-state index in [1.807, 2.05) is 31.2 Å². The second kappa shape index (κ2) is 9.60. The first kappa shape index (κ1) is 24.2. The van der Waals surface area contributed by atoms with Crippen molar-refractivity contribution < 1.29 is 0 Å². The third kappa shape index (κ3) is 4.41. The van der Waals surface area contributed by atoms with Crippen molar-refractivity contribution in [3.05, 3.63) is 46.8 Å². The topological polar surface area (TPSA) is 131 Å². The van der Waals surface area contributed by atoms with Crippen molar-refractivity contribution in [2.24, 2.45) is 9.98 Å². The number of anilines is 3. The molecule has 0 amide bonds. The zero-order chi connectivity index (χ0) is 26.4. The number of H-pyrrole nitrogens is 2. The number of aromatic nitrogens is 3. The average Bonchev–Trinajstić information content (AvgIpc) is 3.50. The Kier molecular flexibility index (Phi) is 6.11. The fourth-order valence-corrected chi connectivity index (χ4v) is 5.20. The van der Waals surface area contributed by atoms with Crippen LogP contribution >= 0.6 is 0 Å². The van der Waals surface area contributed by atoms with Crippen molar-refractivity contribution in [1.82, 2.24) is 19.9 Å². The lowest BCUT2D eigenvalue weighted by Gasteiger charge is -2.34. The van der Waals surface area contributed by atoms with E-state index in [2.05, 4.69) is 61.2 Å². The van der Waals surface area contributed by atoms with Crippen LogP contribution in [0.4, 0.5) is 17.1 Å². The van der Waals surface area contributed by atoms with Crippen molar-refractivity contribution in [2.75, 3.05) is 55.7 Å². The summed E-state index contributed by atoms with van der Waals surface area (Å²) in [4.78, 5) is 38.0. The number of piperazine rings is 1. The second-order valence-corrected chi connectivity index (χ2v) is 10.1. The molecular weight excluding hydrogens is 478 g/mol. The van der Waals surface area contributed by atoms with E-state index in [9.17, 15) is 4.79 Å². The van der Waals surface area contributed by atoms with Gasteiger partial charge in [-0.15, -0.1) is 0 Å². The van der Waals surface area contributed by atoms with Crippen molar-refractivity contribution >= 4 is 50.5 Å². The van der Waals surface area contributed by atoms with Crippen molar-refractivity contribution in [3.8, 4) is 11.4 Å². The number of benzene rings is 2. The number of amidine groups is 1. The normalized spacial score (nSPS) is 18.3. The molecule has 2 aromatic carbocycles. The molecule has 10 heteroatoms. The number of fused-ring (bicyclic) bond motifs is 2. The lowest BCUT2D eigenvalue weighted by molar-refractivity contribution is 0.313. The third-order valence-corrected chi connectivity index (χ3v) is 7.53. The van der Waals surface area contributed by atoms with Crippen LogP contribution in [-0.4, -0.2) is 77.2 Å². The van der Waals surface area contributed by atoms with Crippen molar-refractivity contribution in [2.45, 2.75) is 26.3 Å². The molecule has 0 aliphatic carbocycles. The maximum Gasteiger partial charge on any atom is 0.261 e. The largest absolute Gasteiger partial charge is 0.397 e. The van der Waals surface area contributed by atoms with Gasteiger partial charge in [-0.25, -0.2) is 9.98 Å². The number of nitrogen functional groups attached to an aromatic ring is 1. The molecule has 4 heterocycles. The summed E-state index contributed by atoms with van der Waals surface area (Å²) in [6.07, 6.45) is 0.829. The first-order chi connectivity index (χ1) is 18.4. The molecule has 0 spiro atoms. The lowest BCUT2D eigenvalue weighted by atomic mass is 10.1. The zero-order valence-corrected chi connectivity index (χ0v) is 22.0. The van der Waals surface area contributed by atoms with Gasteiger partial charge in [0.05, 0.1) is 22.2 Å². The Morgan fingerprint density at radius 1 is 1.08 bits per heavy atom. The Bertz CT molecular complexity index is 1640. The van der Waals surface area contributed by atoms with Gasteiger partial charge in [-0.3, -0.25) is 9.79 Å². The number of hydrogen-bond acceptors (Lipinski definition) is 8. The fourth-order valence-electron chi connectivity index (χ4n) is 5.20. The zero-order valence-electron chi connectivity index (χ0n) is 22.0. The maximum atomic E-state index is 13.1. The molecule has 2 aliphatic heterocycles. The second-order valence-electron chi connectivity index (χ2n) is 10.1. The SMILES string of the molecule is CCC1=NC(CNc2ccc3[nH]c(=O)c(-c4nc5ccc(N6CCN(C)CC6)cc5[nH]4)c(N)c3c2)C(C)=N1. The first-order valence-corrected chi connectivity index (χ1v) is 13.1. The fraction of sp³-hybridized carbons (Fsp3) is 0.357. The predicted molar refractivity (Wildman–Crippen MR) is 157 cm³/mol. The minimum atomic E-state index is -0.270. The molecule has 38 heavy (non-hydrogen) atoms. The quantitative estimate of drug-likeness (QED) is 0.314. The Labute approximate surface area is 220 Å². The summed E-state index contributed by atoms with van der Waals surface area (Å²) in [5.74, 6) is 1.36. The summed E-state index contributed by atoms with van der Waals surface area (Å²) in [5, 5.41) is 4.21. The molecule has 1 atom stereocenters. The summed E-state index contributed by atoms with van der Waals surface area (Å²) in [7, 11) is 2.15. The number of hydrogen-bond donors (Lipinski definition) is 4. The van der Waals surface area contributed by atoms with Gasteiger partial charge >= 0.3 is 0 Å². The molecule has 1 saturated heterocycles. The van der Waals surface area contributed by atoms with E-state index in [1.165, 1.54) is 0 Å². The number of likely N-dealkylation sites (N-methyl/N-ethyl adjacent to an activating group) is 1. The van der Waals surface area contributed by atoms with Gasteiger partial charge in [-0.05, 0) is 50.4 Å². The molecule has 4 aromatic rings. The highest BCUT2D eigenvalue weighted by Crippen LogP contribution is 2.31. The van der Waals surface area contributed by atoms with Crippen LogP contribution in [0.25, 0.3) is 33.3 Å². The number of nitrogens with zero attached hydrogens (tertiary/aromatic N) is 5. The summed E-state index contributed by atoms with van der Waals surface area (Å²) in [5.41, 5.74) is 12.5. The van der Waals surface area contributed by atoms with E-state index in [-0.39, 0.29) is 11.6 Å². The summed E-state index contributed by atoms with van der Waals surface area (Å²) in [6, 6.07) is 12.0. The van der Waals surface area contributed by atoms with Crippen LogP contribution in [0.3, 0.4) is 0 Å². The Hall–Kier alpha value is -4.18. The van der Waals surface area contributed by atoms with Crippen molar-refractivity contribution in [1.29, 1.82) is 0 Å². The molecule has 0 saturated carbocycles. The Morgan fingerprint density at radius 2 is 1.89 bits per heavy atom. The highest BCUT2D eigenvalue weighted by molar-refractivity contribution is 6.05. The minimum Gasteiger partial charge on any atom is -0.397 e. The van der Waals surface area contributed by atoms with E-state index < -0.39 is 0 Å². The standard InChI is InChI=1S/C28H33N9O/c1-4-24-31-16(2)23(32-24)15-30-17-5-7-20-19(13-17)26(29)25(28(38)35-20)27-33-21-8-6-18(14-22(21)34-27)37-11-9-36(3)10-12-37/h5-8,13-14,23,30H,4,9-12,15H2,1-3H3,(H,33,34)(H3,29,35,38). The van der Waals surface area contributed by atoms with Gasteiger partial charge in [0, 0.05) is 61.6 Å². The number of nitrogens with one attached hydrogen (secondary N) is 3. The number of nitrogens with two attached hydrogens (primary N) is 1. The predicted octanol–water partition coefficient (Wildman–Crippen LogP) is 3.47. The van der Waals surface area contributed by atoms with Gasteiger partial charge in [-0.2, -0.15) is 0 Å². The number of rotatable bonds is 6. The Balaban J connectivity index is 1.30. The van der Waals surface area contributed by atoms with Gasteiger partial charge in [0.25, 0.3) is 5.56 Å². The lowest BCUT2D eigenvalue weighted by Crippen LogP contribution is -2.44. The van der Waals surface area contributed by atoms with E-state index in [1.54, 1.807) is 0 Å². The number of pyridine rings is 1. The summed E-state index contributed by atoms with van der Waals surface area (Å²) in [6.45, 7) is 8.74. The number of aromatic amines is 2. The molecule has 5 N–H and O–H groups in total. The first-order valence-electron chi connectivity index (χ1n) is 13.1. The van der Waals surface area contributed by atoms with E-state index in [4.69, 9.17) is 10.7 Å². The maximum absolute atomic E-state index is 13.1. The number of imidazole rings is 1.